The third-order valence-electron chi connectivity index (χ3n) is 5.31. The average Bonchev–Trinajstić information content (AvgIpc) is 2.80. The first-order valence-corrected chi connectivity index (χ1v) is 11.3. The highest BCUT2D eigenvalue weighted by atomic mass is 35.5. The van der Waals surface area contributed by atoms with E-state index in [-0.39, 0.29) is 18.2 Å². The second-order valence-electron chi connectivity index (χ2n) is 7.66. The number of nitrogens with one attached hydrogen (secondary N) is 1. The Hall–Kier alpha value is -2.73. The smallest absolute Gasteiger partial charge is 0.242 e. The van der Waals surface area contributed by atoms with Gasteiger partial charge in [0.1, 0.15) is 6.04 Å². The lowest BCUT2D eigenvalue weighted by atomic mass is 10.1. The van der Waals surface area contributed by atoms with Crippen LogP contribution in [0.15, 0.2) is 42.5 Å². The molecular formula is C25H33ClN2O4. The SMILES string of the molecule is CCCCNC(=O)[C@@H](C)N(Cc1cccc(Cl)c1)C(=O)CCc1ccc(OC)c(OC)c1. The molecular weight excluding hydrogens is 428 g/mol. The van der Waals surface area contributed by atoms with Gasteiger partial charge in [-0.15, -0.1) is 0 Å². The molecule has 0 saturated carbocycles. The molecule has 0 aliphatic carbocycles. The zero-order chi connectivity index (χ0) is 23.5. The van der Waals surface area contributed by atoms with Crippen molar-refractivity contribution in [1.29, 1.82) is 0 Å². The van der Waals surface area contributed by atoms with Gasteiger partial charge in [-0.2, -0.15) is 0 Å². The lowest BCUT2D eigenvalue weighted by molar-refractivity contribution is -0.140. The Labute approximate surface area is 195 Å². The molecule has 0 aliphatic rings. The van der Waals surface area contributed by atoms with E-state index in [2.05, 4.69) is 12.2 Å². The van der Waals surface area contributed by atoms with Crippen LogP contribution >= 0.6 is 11.6 Å². The van der Waals surface area contributed by atoms with Crippen molar-refractivity contribution < 1.29 is 19.1 Å². The number of unbranched alkanes of at least 4 members (excludes halogenated alkanes) is 1. The molecule has 0 spiro atoms. The predicted octanol–water partition coefficient (Wildman–Crippen LogP) is 4.62. The minimum Gasteiger partial charge on any atom is -0.493 e. The number of halogens is 1. The minimum absolute atomic E-state index is 0.0992. The molecule has 32 heavy (non-hydrogen) atoms. The van der Waals surface area contributed by atoms with Crippen LogP contribution in [-0.4, -0.2) is 43.5 Å². The Morgan fingerprint density at radius 3 is 2.47 bits per heavy atom. The fraction of sp³-hybridized carbons (Fsp3) is 0.440. The molecule has 0 saturated heterocycles. The van der Waals surface area contributed by atoms with Crippen molar-refractivity contribution in [2.45, 2.75) is 52.1 Å². The fourth-order valence-electron chi connectivity index (χ4n) is 3.38. The van der Waals surface area contributed by atoms with Crippen LogP contribution in [0.4, 0.5) is 0 Å². The number of benzene rings is 2. The number of carbonyl (C=O) groups is 2. The van der Waals surface area contributed by atoms with Crippen LogP contribution in [0.25, 0.3) is 0 Å². The van der Waals surface area contributed by atoms with Crippen molar-refractivity contribution >= 4 is 23.4 Å². The number of hydrogen-bond donors (Lipinski definition) is 1. The van der Waals surface area contributed by atoms with E-state index >= 15 is 0 Å². The summed E-state index contributed by atoms with van der Waals surface area (Å²) >= 11 is 6.12. The molecule has 7 heteroatoms. The minimum atomic E-state index is -0.594. The van der Waals surface area contributed by atoms with Gasteiger partial charge in [0.15, 0.2) is 11.5 Å². The number of carbonyl (C=O) groups excluding carboxylic acids is 2. The third-order valence-corrected chi connectivity index (χ3v) is 5.55. The van der Waals surface area contributed by atoms with Crippen molar-refractivity contribution in [3.05, 3.63) is 58.6 Å². The van der Waals surface area contributed by atoms with Gasteiger partial charge in [-0.3, -0.25) is 9.59 Å². The summed E-state index contributed by atoms with van der Waals surface area (Å²) in [4.78, 5) is 27.5. The van der Waals surface area contributed by atoms with Crippen LogP contribution in [0.1, 0.15) is 44.2 Å². The molecule has 1 atom stereocenters. The lowest BCUT2D eigenvalue weighted by Crippen LogP contribution is -2.47. The zero-order valence-corrected chi connectivity index (χ0v) is 20.1. The van der Waals surface area contributed by atoms with Crippen molar-refractivity contribution in [2.24, 2.45) is 0 Å². The highest BCUT2D eigenvalue weighted by molar-refractivity contribution is 6.30. The predicted molar refractivity (Wildman–Crippen MR) is 127 cm³/mol. The van der Waals surface area contributed by atoms with Crippen LogP contribution in [0.3, 0.4) is 0 Å². The summed E-state index contributed by atoms with van der Waals surface area (Å²) in [5.41, 5.74) is 1.84. The number of rotatable bonds is 12. The van der Waals surface area contributed by atoms with Crippen LogP contribution in [0.2, 0.25) is 5.02 Å². The first kappa shape index (κ1) is 25.5. The third kappa shape index (κ3) is 7.45. The summed E-state index contributed by atoms with van der Waals surface area (Å²) < 4.78 is 10.6. The highest BCUT2D eigenvalue weighted by Crippen LogP contribution is 2.28. The topological polar surface area (TPSA) is 67.9 Å². The van der Waals surface area contributed by atoms with Crippen LogP contribution in [0, 0.1) is 0 Å². The van der Waals surface area contributed by atoms with E-state index < -0.39 is 6.04 Å². The molecule has 2 aromatic carbocycles. The first-order valence-electron chi connectivity index (χ1n) is 10.9. The molecule has 0 heterocycles. The van der Waals surface area contributed by atoms with Crippen LogP contribution < -0.4 is 14.8 Å². The Balaban J connectivity index is 2.14. The average molecular weight is 461 g/mol. The van der Waals surface area contributed by atoms with E-state index in [1.54, 1.807) is 32.1 Å². The largest absolute Gasteiger partial charge is 0.493 e. The molecule has 1 N–H and O–H groups in total. The van der Waals surface area contributed by atoms with Crippen molar-refractivity contribution in [3.8, 4) is 11.5 Å². The van der Waals surface area contributed by atoms with Gasteiger partial charge in [0.2, 0.25) is 11.8 Å². The van der Waals surface area contributed by atoms with Crippen molar-refractivity contribution in [1.82, 2.24) is 10.2 Å². The van der Waals surface area contributed by atoms with E-state index in [1.165, 1.54) is 0 Å². The molecule has 0 aromatic heterocycles. The molecule has 2 aromatic rings. The van der Waals surface area contributed by atoms with Gasteiger partial charge in [-0.1, -0.05) is 43.1 Å². The standard InChI is InChI=1S/C25H33ClN2O4/c1-5-6-14-27-25(30)18(2)28(17-20-8-7-9-21(26)15-20)24(29)13-11-19-10-12-22(31-3)23(16-19)32-4/h7-10,12,15-16,18H,5-6,11,13-14,17H2,1-4H3,(H,27,30)/t18-/m1/s1. The van der Waals surface area contributed by atoms with Gasteiger partial charge in [-0.05, 0) is 55.2 Å². The monoisotopic (exact) mass is 460 g/mol. The summed E-state index contributed by atoms with van der Waals surface area (Å²) in [7, 11) is 3.17. The van der Waals surface area contributed by atoms with Gasteiger partial charge >= 0.3 is 0 Å². The summed E-state index contributed by atoms with van der Waals surface area (Å²) in [5.74, 6) is 1.01. The molecule has 0 bridgehead atoms. The summed E-state index contributed by atoms with van der Waals surface area (Å²) in [6, 6.07) is 12.4. The number of nitrogens with zero attached hydrogens (tertiary/aromatic N) is 1. The number of ether oxygens (including phenoxy) is 2. The number of methoxy groups -OCH3 is 2. The van der Waals surface area contributed by atoms with Gasteiger partial charge in [0.25, 0.3) is 0 Å². The molecule has 2 amide bonds. The Morgan fingerprint density at radius 1 is 1.06 bits per heavy atom. The molecule has 2 rings (SSSR count). The molecule has 0 radical (unpaired) electrons. The van der Waals surface area contributed by atoms with Crippen LogP contribution in [-0.2, 0) is 22.6 Å². The molecule has 0 unspecified atom stereocenters. The van der Waals surface area contributed by atoms with E-state index in [4.69, 9.17) is 21.1 Å². The van der Waals surface area contributed by atoms with E-state index in [0.29, 0.717) is 36.0 Å². The molecule has 174 valence electrons. The van der Waals surface area contributed by atoms with Gasteiger partial charge in [0, 0.05) is 24.5 Å². The number of hydrogen-bond acceptors (Lipinski definition) is 4. The maximum absolute atomic E-state index is 13.2. The Morgan fingerprint density at radius 2 is 1.81 bits per heavy atom. The quantitative estimate of drug-likeness (QED) is 0.469. The number of aryl methyl sites for hydroxylation is 1. The summed E-state index contributed by atoms with van der Waals surface area (Å²) in [5, 5.41) is 3.53. The Bertz CT molecular complexity index is 903. The zero-order valence-electron chi connectivity index (χ0n) is 19.3. The maximum atomic E-state index is 13.2. The van der Waals surface area contributed by atoms with Crippen molar-refractivity contribution in [3.63, 3.8) is 0 Å². The van der Waals surface area contributed by atoms with E-state index in [1.807, 2.05) is 36.4 Å². The van der Waals surface area contributed by atoms with E-state index in [0.717, 1.165) is 24.0 Å². The molecule has 6 nitrogen and oxygen atoms in total. The fourth-order valence-corrected chi connectivity index (χ4v) is 3.59. The molecule has 0 aliphatic heterocycles. The van der Waals surface area contributed by atoms with Crippen LogP contribution in [0.5, 0.6) is 11.5 Å². The van der Waals surface area contributed by atoms with Gasteiger partial charge < -0.3 is 19.7 Å². The number of amides is 2. The molecule has 0 fully saturated rings. The second-order valence-corrected chi connectivity index (χ2v) is 8.10. The second kappa shape index (κ2) is 13.0. The van der Waals surface area contributed by atoms with Gasteiger partial charge in [-0.25, -0.2) is 0 Å². The summed E-state index contributed by atoms with van der Waals surface area (Å²) in [6.07, 6.45) is 2.68. The normalized spacial score (nSPS) is 11.5. The van der Waals surface area contributed by atoms with E-state index in [9.17, 15) is 9.59 Å². The highest BCUT2D eigenvalue weighted by Gasteiger charge is 2.26. The first-order chi connectivity index (χ1) is 15.4. The lowest BCUT2D eigenvalue weighted by Gasteiger charge is -2.29. The van der Waals surface area contributed by atoms with Gasteiger partial charge in [0.05, 0.1) is 14.2 Å². The summed E-state index contributed by atoms with van der Waals surface area (Å²) in [6.45, 7) is 4.75. The Kier molecular flexibility index (Phi) is 10.3. The van der Waals surface area contributed by atoms with Crippen molar-refractivity contribution in [2.75, 3.05) is 20.8 Å². The maximum Gasteiger partial charge on any atom is 0.242 e.